The van der Waals surface area contributed by atoms with Crippen LogP contribution in [-0.4, -0.2) is 23.6 Å². The molecular weight excluding hydrogens is 286 g/mol. The zero-order valence-electron chi connectivity index (χ0n) is 12.8. The monoisotopic (exact) mass is 305 g/mol. The highest BCUT2D eigenvalue weighted by molar-refractivity contribution is 6.31. The van der Waals surface area contributed by atoms with Gasteiger partial charge in [0.25, 0.3) is 0 Å². The highest BCUT2D eigenvalue weighted by Crippen LogP contribution is 2.37. The summed E-state index contributed by atoms with van der Waals surface area (Å²) in [6, 6.07) is 5.55. The number of methoxy groups -OCH3 is 1. The van der Waals surface area contributed by atoms with Gasteiger partial charge in [0.05, 0.1) is 12.8 Å². The van der Waals surface area contributed by atoms with E-state index < -0.39 is 0 Å². The van der Waals surface area contributed by atoms with Gasteiger partial charge in [0.15, 0.2) is 0 Å². The fraction of sp³-hybridized carbons (Fsp3) is 0.375. The number of anilines is 1. The van der Waals surface area contributed by atoms with Gasteiger partial charge in [-0.05, 0) is 31.0 Å². The smallest absolute Gasteiger partial charge is 0.133 e. The van der Waals surface area contributed by atoms with Gasteiger partial charge in [0.2, 0.25) is 0 Å². The molecule has 0 fully saturated rings. The Morgan fingerprint density at radius 2 is 2.05 bits per heavy atom. The van der Waals surface area contributed by atoms with Crippen molar-refractivity contribution in [3.63, 3.8) is 0 Å². The van der Waals surface area contributed by atoms with Crippen LogP contribution in [0.5, 0.6) is 5.75 Å². The second-order valence-electron chi connectivity index (χ2n) is 5.01. The van der Waals surface area contributed by atoms with Crippen LogP contribution in [0.25, 0.3) is 11.3 Å². The summed E-state index contributed by atoms with van der Waals surface area (Å²) in [5.41, 5.74) is 2.81. The molecular formula is C16H20ClN3O. The van der Waals surface area contributed by atoms with Gasteiger partial charge in [-0.1, -0.05) is 25.4 Å². The minimum absolute atomic E-state index is 0.277. The maximum atomic E-state index is 6.14. The van der Waals surface area contributed by atoms with E-state index in [1.54, 1.807) is 13.4 Å². The Kier molecular flexibility index (Phi) is 5.02. The van der Waals surface area contributed by atoms with Gasteiger partial charge in [-0.3, -0.25) is 0 Å². The van der Waals surface area contributed by atoms with Gasteiger partial charge in [0.1, 0.15) is 17.9 Å². The summed E-state index contributed by atoms with van der Waals surface area (Å²) in [4.78, 5) is 8.83. The molecule has 1 N–H and O–H groups in total. The lowest BCUT2D eigenvalue weighted by Gasteiger charge is -2.18. The van der Waals surface area contributed by atoms with Gasteiger partial charge in [-0.2, -0.15) is 0 Å². The third-order valence-corrected chi connectivity index (χ3v) is 3.46. The van der Waals surface area contributed by atoms with Crippen LogP contribution in [0, 0.1) is 0 Å². The Bertz CT molecular complexity index is 629. The van der Waals surface area contributed by atoms with Crippen molar-refractivity contribution < 1.29 is 4.74 Å². The first kappa shape index (κ1) is 15.6. The zero-order valence-corrected chi connectivity index (χ0v) is 13.5. The van der Waals surface area contributed by atoms with Crippen molar-refractivity contribution >= 4 is 17.4 Å². The van der Waals surface area contributed by atoms with Crippen molar-refractivity contribution in [2.75, 3.05) is 19.0 Å². The minimum atomic E-state index is 0.277. The zero-order chi connectivity index (χ0) is 15.4. The Morgan fingerprint density at radius 3 is 2.67 bits per heavy atom. The molecule has 0 atom stereocenters. The van der Waals surface area contributed by atoms with Crippen LogP contribution in [0.4, 0.5) is 5.82 Å². The summed E-state index contributed by atoms with van der Waals surface area (Å²) in [5.74, 6) is 1.89. The highest BCUT2D eigenvalue weighted by Gasteiger charge is 2.19. The van der Waals surface area contributed by atoms with E-state index in [2.05, 4.69) is 29.1 Å². The molecule has 0 radical (unpaired) electrons. The van der Waals surface area contributed by atoms with Crippen LogP contribution in [0.1, 0.15) is 32.3 Å². The van der Waals surface area contributed by atoms with Crippen molar-refractivity contribution in [2.45, 2.75) is 26.7 Å². The van der Waals surface area contributed by atoms with E-state index in [0.29, 0.717) is 5.02 Å². The third kappa shape index (κ3) is 3.27. The second kappa shape index (κ2) is 6.76. The molecule has 1 heterocycles. The fourth-order valence-corrected chi connectivity index (χ4v) is 2.50. The molecule has 0 saturated carbocycles. The first-order valence-corrected chi connectivity index (χ1v) is 7.39. The van der Waals surface area contributed by atoms with E-state index >= 15 is 0 Å². The molecule has 0 amide bonds. The third-order valence-electron chi connectivity index (χ3n) is 3.22. The molecule has 2 aromatic rings. The average molecular weight is 306 g/mol. The Morgan fingerprint density at radius 1 is 1.29 bits per heavy atom. The Labute approximate surface area is 130 Å². The molecule has 4 nitrogen and oxygen atoms in total. The standard InChI is InChI=1S/C16H20ClN3O/c1-5-18-16-14(10(2)3)15(19-9-20-16)12-8-11(17)6-7-13(12)21-4/h6-10H,5H2,1-4H3,(H,18,19,20). The number of benzene rings is 1. The molecule has 0 saturated heterocycles. The lowest BCUT2D eigenvalue weighted by Crippen LogP contribution is -2.08. The van der Waals surface area contributed by atoms with Crippen molar-refractivity contribution in [3.8, 4) is 17.0 Å². The number of ether oxygens (including phenoxy) is 1. The van der Waals surface area contributed by atoms with Crippen molar-refractivity contribution in [2.24, 2.45) is 0 Å². The van der Waals surface area contributed by atoms with Gasteiger partial charge in [-0.25, -0.2) is 9.97 Å². The number of halogens is 1. The van der Waals surface area contributed by atoms with Gasteiger partial charge in [0, 0.05) is 22.7 Å². The maximum absolute atomic E-state index is 6.14. The first-order valence-electron chi connectivity index (χ1n) is 7.01. The summed E-state index contributed by atoms with van der Waals surface area (Å²) in [7, 11) is 1.65. The lowest BCUT2D eigenvalue weighted by molar-refractivity contribution is 0.416. The van der Waals surface area contributed by atoms with Crippen molar-refractivity contribution in [1.82, 2.24) is 9.97 Å². The highest BCUT2D eigenvalue weighted by atomic mass is 35.5. The Hall–Kier alpha value is -1.81. The number of aromatic nitrogens is 2. The first-order chi connectivity index (χ1) is 10.1. The Balaban J connectivity index is 2.68. The number of hydrogen-bond acceptors (Lipinski definition) is 4. The van der Waals surface area contributed by atoms with Gasteiger partial charge < -0.3 is 10.1 Å². The molecule has 0 bridgehead atoms. The molecule has 21 heavy (non-hydrogen) atoms. The maximum Gasteiger partial charge on any atom is 0.133 e. The molecule has 0 aliphatic carbocycles. The van der Waals surface area contributed by atoms with Crippen LogP contribution >= 0.6 is 11.6 Å². The molecule has 1 aromatic heterocycles. The number of rotatable bonds is 5. The van der Waals surface area contributed by atoms with Gasteiger partial charge >= 0.3 is 0 Å². The predicted octanol–water partition coefficient (Wildman–Crippen LogP) is 4.36. The van der Waals surface area contributed by atoms with Crippen LogP contribution in [0.2, 0.25) is 5.02 Å². The topological polar surface area (TPSA) is 47.0 Å². The molecule has 0 aliphatic heterocycles. The van der Waals surface area contributed by atoms with Gasteiger partial charge in [-0.15, -0.1) is 0 Å². The summed E-state index contributed by atoms with van der Waals surface area (Å²) >= 11 is 6.14. The number of nitrogens with one attached hydrogen (secondary N) is 1. The average Bonchev–Trinajstić information content (AvgIpc) is 2.47. The summed E-state index contributed by atoms with van der Waals surface area (Å²) < 4.78 is 5.45. The lowest BCUT2D eigenvalue weighted by atomic mass is 9.97. The van der Waals surface area contributed by atoms with Crippen molar-refractivity contribution in [3.05, 3.63) is 35.1 Å². The second-order valence-corrected chi connectivity index (χ2v) is 5.45. The largest absolute Gasteiger partial charge is 0.496 e. The summed E-state index contributed by atoms with van der Waals surface area (Å²) in [6.45, 7) is 7.11. The van der Waals surface area contributed by atoms with Crippen LogP contribution in [0.15, 0.2) is 24.5 Å². The molecule has 0 unspecified atom stereocenters. The predicted molar refractivity (Wildman–Crippen MR) is 87.3 cm³/mol. The van der Waals surface area contributed by atoms with E-state index in [1.165, 1.54) is 0 Å². The number of hydrogen-bond donors (Lipinski definition) is 1. The summed E-state index contributed by atoms with van der Waals surface area (Å²) in [6.07, 6.45) is 1.57. The van der Waals surface area contributed by atoms with Crippen LogP contribution in [-0.2, 0) is 0 Å². The molecule has 0 spiro atoms. The quantitative estimate of drug-likeness (QED) is 0.891. The molecule has 1 aromatic carbocycles. The van der Waals surface area contributed by atoms with Crippen LogP contribution < -0.4 is 10.1 Å². The van der Waals surface area contributed by atoms with E-state index in [-0.39, 0.29) is 5.92 Å². The fourth-order valence-electron chi connectivity index (χ4n) is 2.33. The molecule has 2 rings (SSSR count). The number of nitrogens with zero attached hydrogens (tertiary/aromatic N) is 2. The molecule has 0 aliphatic rings. The molecule has 112 valence electrons. The van der Waals surface area contributed by atoms with Crippen LogP contribution in [0.3, 0.4) is 0 Å². The van der Waals surface area contributed by atoms with E-state index in [1.807, 2.05) is 25.1 Å². The van der Waals surface area contributed by atoms with Crippen molar-refractivity contribution in [1.29, 1.82) is 0 Å². The SMILES string of the molecule is CCNc1ncnc(-c2cc(Cl)ccc2OC)c1C(C)C. The molecule has 5 heteroatoms. The van der Waals surface area contributed by atoms with E-state index in [0.717, 1.165) is 34.9 Å². The van der Waals surface area contributed by atoms with E-state index in [9.17, 15) is 0 Å². The van der Waals surface area contributed by atoms with E-state index in [4.69, 9.17) is 16.3 Å². The normalized spacial score (nSPS) is 10.8. The minimum Gasteiger partial charge on any atom is -0.496 e. The summed E-state index contributed by atoms with van der Waals surface area (Å²) in [5, 5.41) is 3.95.